The van der Waals surface area contributed by atoms with Gasteiger partial charge in [-0.05, 0) is 50.1 Å². The molecule has 0 aliphatic heterocycles. The summed E-state index contributed by atoms with van der Waals surface area (Å²) in [5.41, 5.74) is 5.02. The molecule has 0 bridgehead atoms. The Morgan fingerprint density at radius 3 is 2.69 bits per heavy atom. The minimum absolute atomic E-state index is 0.105. The molecule has 3 aromatic rings. The predicted molar refractivity (Wildman–Crippen MR) is 111 cm³/mol. The number of esters is 1. The van der Waals surface area contributed by atoms with Crippen LogP contribution >= 0.6 is 23.2 Å². The van der Waals surface area contributed by atoms with E-state index in [0.29, 0.717) is 17.1 Å². The Morgan fingerprint density at radius 1 is 1.28 bits per heavy atom. The van der Waals surface area contributed by atoms with Gasteiger partial charge < -0.3 is 4.74 Å². The molecule has 0 atom stereocenters. The van der Waals surface area contributed by atoms with E-state index in [2.05, 4.69) is 16.2 Å². The third kappa shape index (κ3) is 4.26. The van der Waals surface area contributed by atoms with Gasteiger partial charge in [-0.25, -0.2) is 9.78 Å². The Kier molecular flexibility index (Phi) is 6.21. The van der Waals surface area contributed by atoms with Gasteiger partial charge in [0.2, 0.25) is 0 Å². The summed E-state index contributed by atoms with van der Waals surface area (Å²) in [6.45, 7) is 6.27. The van der Waals surface area contributed by atoms with E-state index >= 15 is 0 Å². The molecule has 0 fully saturated rings. The first-order valence-corrected chi connectivity index (χ1v) is 9.66. The summed E-state index contributed by atoms with van der Waals surface area (Å²) in [4.78, 5) is 16.2. The molecule has 0 saturated carbocycles. The molecule has 0 spiro atoms. The van der Waals surface area contributed by atoms with Crippen molar-refractivity contribution in [3.05, 3.63) is 68.7 Å². The zero-order valence-corrected chi connectivity index (χ0v) is 17.7. The highest BCUT2D eigenvalue weighted by Gasteiger charge is 2.17. The Hall–Kier alpha value is -2.88. The molecule has 0 N–H and O–H groups in total. The molecule has 1 aromatic carbocycles. The third-order valence-electron chi connectivity index (χ3n) is 4.48. The van der Waals surface area contributed by atoms with Crippen LogP contribution in [0.3, 0.4) is 0 Å². The van der Waals surface area contributed by atoms with Crippen molar-refractivity contribution in [3.63, 3.8) is 0 Å². The van der Waals surface area contributed by atoms with Crippen molar-refractivity contribution in [2.75, 3.05) is 6.61 Å². The number of rotatable bonds is 5. The fraction of sp³-hybridized carbons (Fsp3) is 0.238. The van der Waals surface area contributed by atoms with Gasteiger partial charge in [0.25, 0.3) is 0 Å². The van der Waals surface area contributed by atoms with E-state index in [1.165, 1.54) is 0 Å². The SMILES string of the molecule is CCOC(=O)c1cc(Cn2nc(C)c(-c3ccc(C#N)c(Cl)c3)c2C)cnc1Cl. The molecule has 0 aliphatic rings. The third-order valence-corrected chi connectivity index (χ3v) is 5.10. The molecule has 0 amide bonds. The first-order valence-electron chi connectivity index (χ1n) is 8.91. The van der Waals surface area contributed by atoms with E-state index in [1.54, 1.807) is 31.3 Å². The number of aromatic nitrogens is 3. The van der Waals surface area contributed by atoms with Crippen LogP contribution in [0.15, 0.2) is 30.5 Å². The van der Waals surface area contributed by atoms with Crippen LogP contribution in [0.5, 0.6) is 0 Å². The topological polar surface area (TPSA) is 80.8 Å². The number of hydrogen-bond donors (Lipinski definition) is 0. The summed E-state index contributed by atoms with van der Waals surface area (Å²) in [5.74, 6) is -0.506. The van der Waals surface area contributed by atoms with Gasteiger partial charge in [-0.3, -0.25) is 4.68 Å². The second-order valence-corrected chi connectivity index (χ2v) is 7.18. The van der Waals surface area contributed by atoms with Crippen LogP contribution < -0.4 is 0 Å². The monoisotopic (exact) mass is 428 g/mol. The molecule has 0 unspecified atom stereocenters. The van der Waals surface area contributed by atoms with Crippen LogP contribution in [0.4, 0.5) is 0 Å². The first kappa shape index (κ1) is 20.8. The smallest absolute Gasteiger partial charge is 0.341 e. The molecule has 6 nitrogen and oxygen atoms in total. The standard InChI is InChI=1S/C21H18Cl2N4O2/c1-4-29-21(28)17-7-14(10-25-20(17)23)11-27-13(3)19(12(2)26-27)15-5-6-16(9-24)18(22)8-15/h5-8,10H,4,11H2,1-3H3. The maximum absolute atomic E-state index is 12.1. The molecular formula is C21H18Cl2N4O2. The molecule has 0 saturated heterocycles. The normalized spacial score (nSPS) is 10.6. The number of halogens is 2. The van der Waals surface area contributed by atoms with Gasteiger partial charge >= 0.3 is 5.97 Å². The number of nitriles is 1. The highest BCUT2D eigenvalue weighted by atomic mass is 35.5. The van der Waals surface area contributed by atoms with Gasteiger partial charge in [0.05, 0.1) is 35.0 Å². The minimum atomic E-state index is -0.506. The van der Waals surface area contributed by atoms with Crippen LogP contribution in [0, 0.1) is 25.2 Å². The summed E-state index contributed by atoms with van der Waals surface area (Å²) in [6.07, 6.45) is 1.61. The largest absolute Gasteiger partial charge is 0.462 e. The van der Waals surface area contributed by atoms with Crippen molar-refractivity contribution >= 4 is 29.2 Å². The van der Waals surface area contributed by atoms with Crippen molar-refractivity contribution in [2.24, 2.45) is 0 Å². The number of pyridine rings is 1. The Morgan fingerprint density at radius 2 is 2.03 bits per heavy atom. The summed E-state index contributed by atoms with van der Waals surface area (Å²) in [7, 11) is 0. The maximum atomic E-state index is 12.1. The molecule has 2 aromatic heterocycles. The van der Waals surface area contributed by atoms with Crippen molar-refractivity contribution in [2.45, 2.75) is 27.3 Å². The Balaban J connectivity index is 1.96. The molecule has 8 heteroatoms. The van der Waals surface area contributed by atoms with Crippen molar-refractivity contribution in [1.29, 1.82) is 5.26 Å². The molecule has 29 heavy (non-hydrogen) atoms. The lowest BCUT2D eigenvalue weighted by atomic mass is 10.0. The lowest BCUT2D eigenvalue weighted by molar-refractivity contribution is 0.0526. The highest BCUT2D eigenvalue weighted by molar-refractivity contribution is 6.32. The number of hydrogen-bond acceptors (Lipinski definition) is 5. The molecule has 0 aliphatic carbocycles. The van der Waals surface area contributed by atoms with Gasteiger partial charge in [-0.1, -0.05) is 29.3 Å². The van der Waals surface area contributed by atoms with E-state index < -0.39 is 5.97 Å². The predicted octanol–water partition coefficient (Wildman–Crippen LogP) is 4.97. The minimum Gasteiger partial charge on any atom is -0.462 e. The number of nitrogens with zero attached hydrogens (tertiary/aromatic N) is 4. The van der Waals surface area contributed by atoms with E-state index in [-0.39, 0.29) is 17.3 Å². The van der Waals surface area contributed by atoms with Crippen LogP contribution in [-0.2, 0) is 11.3 Å². The van der Waals surface area contributed by atoms with E-state index in [1.807, 2.05) is 24.6 Å². The maximum Gasteiger partial charge on any atom is 0.341 e. The van der Waals surface area contributed by atoms with Crippen LogP contribution in [0.2, 0.25) is 10.2 Å². The summed E-state index contributed by atoms with van der Waals surface area (Å²) in [5, 5.41) is 14.2. The van der Waals surface area contributed by atoms with Gasteiger partial charge in [-0.2, -0.15) is 10.4 Å². The molecular weight excluding hydrogens is 411 g/mol. The van der Waals surface area contributed by atoms with Crippen LogP contribution in [-0.4, -0.2) is 27.3 Å². The van der Waals surface area contributed by atoms with Crippen molar-refractivity contribution < 1.29 is 9.53 Å². The summed E-state index contributed by atoms with van der Waals surface area (Å²) in [6, 6.07) is 9.05. The average molecular weight is 429 g/mol. The number of benzene rings is 1. The van der Waals surface area contributed by atoms with Crippen molar-refractivity contribution in [1.82, 2.24) is 14.8 Å². The zero-order chi connectivity index (χ0) is 21.1. The number of aryl methyl sites for hydroxylation is 1. The van der Waals surface area contributed by atoms with E-state index in [4.69, 9.17) is 33.2 Å². The molecule has 2 heterocycles. The average Bonchev–Trinajstić information content (AvgIpc) is 2.96. The second-order valence-electron chi connectivity index (χ2n) is 6.41. The van der Waals surface area contributed by atoms with Crippen LogP contribution in [0.1, 0.15) is 39.8 Å². The first-order chi connectivity index (χ1) is 13.8. The number of carbonyl (C=O) groups excluding carboxylic acids is 1. The Labute approximate surface area is 178 Å². The lowest BCUT2D eigenvalue weighted by Gasteiger charge is -2.09. The summed E-state index contributed by atoms with van der Waals surface area (Å²) < 4.78 is 6.86. The quantitative estimate of drug-likeness (QED) is 0.423. The van der Waals surface area contributed by atoms with Gasteiger partial charge in [0.15, 0.2) is 0 Å². The van der Waals surface area contributed by atoms with Gasteiger partial charge in [0, 0.05) is 17.5 Å². The lowest BCUT2D eigenvalue weighted by Crippen LogP contribution is -2.09. The highest BCUT2D eigenvalue weighted by Crippen LogP contribution is 2.30. The fourth-order valence-electron chi connectivity index (χ4n) is 3.13. The van der Waals surface area contributed by atoms with E-state index in [9.17, 15) is 4.79 Å². The van der Waals surface area contributed by atoms with Crippen LogP contribution in [0.25, 0.3) is 11.1 Å². The van der Waals surface area contributed by atoms with Crippen molar-refractivity contribution in [3.8, 4) is 17.2 Å². The van der Waals surface area contributed by atoms with Gasteiger partial charge in [-0.15, -0.1) is 0 Å². The Bertz CT molecular complexity index is 1130. The fourth-order valence-corrected chi connectivity index (χ4v) is 3.54. The zero-order valence-electron chi connectivity index (χ0n) is 16.2. The summed E-state index contributed by atoms with van der Waals surface area (Å²) >= 11 is 12.2. The van der Waals surface area contributed by atoms with E-state index in [0.717, 1.165) is 28.1 Å². The number of carbonyl (C=O) groups is 1. The molecule has 0 radical (unpaired) electrons. The number of ether oxygens (including phenoxy) is 1. The molecule has 148 valence electrons. The second kappa shape index (κ2) is 8.64. The molecule has 3 rings (SSSR count). The van der Waals surface area contributed by atoms with Gasteiger partial charge in [0.1, 0.15) is 11.2 Å².